The van der Waals surface area contributed by atoms with Gasteiger partial charge >= 0.3 is 0 Å². The Morgan fingerprint density at radius 3 is 3.14 bits per heavy atom. The van der Waals surface area contributed by atoms with Gasteiger partial charge in [-0.3, -0.25) is 0 Å². The van der Waals surface area contributed by atoms with Crippen LogP contribution in [0.3, 0.4) is 0 Å². The number of anilines is 1. The van der Waals surface area contributed by atoms with Crippen LogP contribution >= 0.6 is 39.2 Å². The van der Waals surface area contributed by atoms with Crippen LogP contribution in [-0.4, -0.2) is 38.8 Å². The lowest BCUT2D eigenvalue weighted by molar-refractivity contribution is 0.708. The predicted octanol–water partition coefficient (Wildman–Crippen LogP) is 2.16. The van der Waals surface area contributed by atoms with Crippen LogP contribution in [0.1, 0.15) is 5.82 Å². The Morgan fingerprint density at radius 2 is 2.50 bits per heavy atom. The number of alkyl halides is 1. The summed E-state index contributed by atoms with van der Waals surface area (Å²) < 4.78 is 4.23. The van der Waals surface area contributed by atoms with Gasteiger partial charge in [-0.25, -0.2) is 4.98 Å². The van der Waals surface area contributed by atoms with Gasteiger partial charge in [0.1, 0.15) is 5.82 Å². The molecule has 1 fully saturated rings. The number of hydrogen-bond donors (Lipinski definition) is 0. The van der Waals surface area contributed by atoms with Gasteiger partial charge < -0.3 is 4.90 Å². The number of aromatic nitrogens is 2. The van der Waals surface area contributed by atoms with E-state index in [9.17, 15) is 0 Å². The molecule has 1 atom stereocenters. The van der Waals surface area contributed by atoms with Gasteiger partial charge in [0.2, 0.25) is 5.13 Å². The van der Waals surface area contributed by atoms with Crippen molar-refractivity contribution in [1.82, 2.24) is 9.36 Å². The molecule has 1 aromatic heterocycles. The highest BCUT2D eigenvalue weighted by molar-refractivity contribution is 9.09. The fourth-order valence-corrected chi connectivity index (χ4v) is 4.15. The Labute approximate surface area is 101 Å². The average molecular weight is 294 g/mol. The molecule has 2 rings (SSSR count). The minimum Gasteiger partial charge on any atom is -0.341 e. The third-order valence-corrected chi connectivity index (χ3v) is 4.85. The zero-order valence-corrected chi connectivity index (χ0v) is 11.2. The maximum absolute atomic E-state index is 4.44. The van der Waals surface area contributed by atoms with Gasteiger partial charge in [0.25, 0.3) is 0 Å². The molecule has 1 aliphatic rings. The standard InChI is InChI=1S/C8H12BrN3S2/c1-6-10-8(14-11-6)12-2-3-13-5-7(12)4-9/h7H,2-5H2,1H3. The number of halogens is 1. The summed E-state index contributed by atoms with van der Waals surface area (Å²) >= 11 is 7.08. The van der Waals surface area contributed by atoms with Gasteiger partial charge in [-0.1, -0.05) is 15.9 Å². The van der Waals surface area contributed by atoms with Crippen molar-refractivity contribution >= 4 is 44.4 Å². The first-order chi connectivity index (χ1) is 6.81. The molecule has 1 unspecified atom stereocenters. The molecule has 0 spiro atoms. The molecule has 1 saturated heterocycles. The Bertz CT molecular complexity index is 305. The fraction of sp³-hybridized carbons (Fsp3) is 0.750. The molecule has 0 bridgehead atoms. The molecule has 0 amide bonds. The number of nitrogens with zero attached hydrogens (tertiary/aromatic N) is 3. The monoisotopic (exact) mass is 293 g/mol. The Balaban J connectivity index is 2.14. The minimum atomic E-state index is 0.570. The van der Waals surface area contributed by atoms with E-state index < -0.39 is 0 Å². The Morgan fingerprint density at radius 1 is 1.64 bits per heavy atom. The summed E-state index contributed by atoms with van der Waals surface area (Å²) in [7, 11) is 0. The molecule has 2 heterocycles. The summed E-state index contributed by atoms with van der Waals surface area (Å²) in [4.78, 5) is 6.81. The van der Waals surface area contributed by atoms with Crippen LogP contribution in [0, 0.1) is 6.92 Å². The van der Waals surface area contributed by atoms with E-state index in [0.29, 0.717) is 6.04 Å². The molecule has 0 radical (unpaired) electrons. The van der Waals surface area contributed by atoms with Crippen molar-refractivity contribution in [3.8, 4) is 0 Å². The van der Waals surface area contributed by atoms with Crippen LogP contribution < -0.4 is 4.90 Å². The third-order valence-electron chi connectivity index (χ3n) is 2.17. The maximum Gasteiger partial charge on any atom is 0.205 e. The average Bonchev–Trinajstić information content (AvgIpc) is 2.65. The number of aryl methyl sites for hydroxylation is 1. The van der Waals surface area contributed by atoms with Crippen LogP contribution in [-0.2, 0) is 0 Å². The smallest absolute Gasteiger partial charge is 0.205 e. The van der Waals surface area contributed by atoms with Crippen molar-refractivity contribution in [1.29, 1.82) is 0 Å². The topological polar surface area (TPSA) is 29.0 Å². The van der Waals surface area contributed by atoms with E-state index in [-0.39, 0.29) is 0 Å². The highest BCUT2D eigenvalue weighted by Crippen LogP contribution is 2.26. The van der Waals surface area contributed by atoms with E-state index in [0.717, 1.165) is 22.8 Å². The minimum absolute atomic E-state index is 0.570. The summed E-state index contributed by atoms with van der Waals surface area (Å²) in [5, 5.41) is 2.09. The molecule has 14 heavy (non-hydrogen) atoms. The lowest BCUT2D eigenvalue weighted by Crippen LogP contribution is -2.43. The van der Waals surface area contributed by atoms with Crippen molar-refractivity contribution in [2.45, 2.75) is 13.0 Å². The summed E-state index contributed by atoms with van der Waals surface area (Å²) in [6, 6.07) is 0.570. The van der Waals surface area contributed by atoms with Crippen LogP contribution in [0.4, 0.5) is 5.13 Å². The highest BCUT2D eigenvalue weighted by atomic mass is 79.9. The second-order valence-electron chi connectivity index (χ2n) is 3.20. The highest BCUT2D eigenvalue weighted by Gasteiger charge is 2.24. The van der Waals surface area contributed by atoms with Gasteiger partial charge in [-0.05, 0) is 6.92 Å². The Hall–Kier alpha value is 0.190. The SMILES string of the molecule is Cc1nsc(N2CCSCC2CBr)n1. The van der Waals surface area contributed by atoms with Crippen molar-refractivity contribution < 1.29 is 0 Å². The first-order valence-electron chi connectivity index (χ1n) is 4.52. The second-order valence-corrected chi connectivity index (χ2v) is 5.73. The zero-order valence-electron chi connectivity index (χ0n) is 7.94. The van der Waals surface area contributed by atoms with E-state index in [1.54, 1.807) is 0 Å². The van der Waals surface area contributed by atoms with Crippen LogP contribution in [0.25, 0.3) is 0 Å². The molecule has 6 heteroatoms. The summed E-state index contributed by atoms with van der Waals surface area (Å²) in [6.45, 7) is 3.04. The van der Waals surface area contributed by atoms with E-state index >= 15 is 0 Å². The first-order valence-corrected chi connectivity index (χ1v) is 7.57. The lowest BCUT2D eigenvalue weighted by Gasteiger charge is -2.33. The second kappa shape index (κ2) is 4.81. The number of thioether (sulfide) groups is 1. The van der Waals surface area contributed by atoms with E-state index in [2.05, 4.69) is 30.2 Å². The normalized spacial score (nSPS) is 22.7. The maximum atomic E-state index is 4.44. The molecule has 78 valence electrons. The molecule has 0 saturated carbocycles. The van der Waals surface area contributed by atoms with Crippen LogP contribution in [0.15, 0.2) is 0 Å². The van der Waals surface area contributed by atoms with E-state index in [1.807, 2.05) is 18.7 Å². The quantitative estimate of drug-likeness (QED) is 0.782. The molecule has 0 aromatic carbocycles. The fourth-order valence-electron chi connectivity index (χ4n) is 1.44. The third kappa shape index (κ3) is 2.23. The Kier molecular flexibility index (Phi) is 3.67. The van der Waals surface area contributed by atoms with E-state index in [4.69, 9.17) is 0 Å². The van der Waals surface area contributed by atoms with Gasteiger partial charge in [-0.2, -0.15) is 16.1 Å². The molecular weight excluding hydrogens is 282 g/mol. The zero-order chi connectivity index (χ0) is 9.97. The number of hydrogen-bond acceptors (Lipinski definition) is 5. The van der Waals surface area contributed by atoms with Crippen molar-refractivity contribution in [3.63, 3.8) is 0 Å². The van der Waals surface area contributed by atoms with E-state index in [1.165, 1.54) is 23.0 Å². The van der Waals surface area contributed by atoms with Crippen molar-refractivity contribution in [3.05, 3.63) is 5.82 Å². The molecule has 0 aliphatic carbocycles. The van der Waals surface area contributed by atoms with Gasteiger partial charge in [0.05, 0.1) is 0 Å². The summed E-state index contributed by atoms with van der Waals surface area (Å²) in [6.07, 6.45) is 0. The summed E-state index contributed by atoms with van der Waals surface area (Å²) in [5.41, 5.74) is 0. The largest absolute Gasteiger partial charge is 0.341 e. The molecule has 3 nitrogen and oxygen atoms in total. The summed E-state index contributed by atoms with van der Waals surface area (Å²) in [5.74, 6) is 3.27. The molecule has 1 aliphatic heterocycles. The van der Waals surface area contributed by atoms with Crippen molar-refractivity contribution in [2.24, 2.45) is 0 Å². The van der Waals surface area contributed by atoms with Crippen LogP contribution in [0.5, 0.6) is 0 Å². The lowest BCUT2D eigenvalue weighted by atomic mass is 10.3. The molecule has 0 N–H and O–H groups in total. The predicted molar refractivity (Wildman–Crippen MR) is 66.9 cm³/mol. The van der Waals surface area contributed by atoms with Gasteiger partial charge in [0, 0.05) is 41.0 Å². The molecule has 1 aromatic rings. The van der Waals surface area contributed by atoms with Crippen molar-refractivity contribution in [2.75, 3.05) is 28.3 Å². The van der Waals surface area contributed by atoms with Crippen LogP contribution in [0.2, 0.25) is 0 Å². The molecular formula is C8H12BrN3S2. The number of rotatable bonds is 2. The van der Waals surface area contributed by atoms with Gasteiger partial charge in [-0.15, -0.1) is 0 Å². The van der Waals surface area contributed by atoms with Gasteiger partial charge in [0.15, 0.2) is 0 Å². The first kappa shape index (κ1) is 10.7.